The van der Waals surface area contributed by atoms with Crippen LogP contribution in [0.5, 0.6) is 5.75 Å². The molecule has 27 heavy (non-hydrogen) atoms. The maximum Gasteiger partial charge on any atom is 0.223 e. The predicted molar refractivity (Wildman–Crippen MR) is 107 cm³/mol. The number of ether oxygens (including phenoxy) is 1. The first-order valence-corrected chi connectivity index (χ1v) is 10.8. The number of aryl methyl sites for hydroxylation is 3. The molecule has 2 aromatic rings. The van der Waals surface area contributed by atoms with Crippen LogP contribution >= 0.6 is 11.3 Å². The van der Waals surface area contributed by atoms with Gasteiger partial charge in [0.25, 0.3) is 0 Å². The summed E-state index contributed by atoms with van der Waals surface area (Å²) in [4.78, 5) is 21.0. The molecule has 144 valence electrons. The van der Waals surface area contributed by atoms with Crippen molar-refractivity contribution in [3.63, 3.8) is 0 Å². The molecule has 1 fully saturated rings. The zero-order chi connectivity index (χ0) is 18.5. The second-order valence-electron chi connectivity index (χ2n) is 7.28. The minimum absolute atomic E-state index is 0.249. The van der Waals surface area contributed by atoms with E-state index in [0.717, 1.165) is 49.9 Å². The molecule has 2 aliphatic rings. The highest BCUT2D eigenvalue weighted by Gasteiger charge is 2.21. The van der Waals surface area contributed by atoms with Gasteiger partial charge in [0.15, 0.2) is 0 Å². The van der Waals surface area contributed by atoms with E-state index in [0.29, 0.717) is 13.0 Å². The van der Waals surface area contributed by atoms with Crippen molar-refractivity contribution < 1.29 is 9.53 Å². The van der Waals surface area contributed by atoms with E-state index >= 15 is 0 Å². The summed E-state index contributed by atoms with van der Waals surface area (Å²) in [6, 6.07) is 6.53. The van der Waals surface area contributed by atoms with Gasteiger partial charge in [-0.3, -0.25) is 9.69 Å². The quantitative estimate of drug-likeness (QED) is 0.735. The Balaban J connectivity index is 1.15. The highest BCUT2D eigenvalue weighted by atomic mass is 32.1. The van der Waals surface area contributed by atoms with E-state index in [1.54, 1.807) is 17.5 Å². The molecule has 0 saturated carbocycles. The normalized spacial score (nSPS) is 17.1. The number of rotatable bonds is 7. The molecule has 1 saturated heterocycles. The monoisotopic (exact) mass is 385 g/mol. The first kappa shape index (κ1) is 18.4. The topological polar surface area (TPSA) is 45.7 Å². The lowest BCUT2D eigenvalue weighted by Crippen LogP contribution is -2.49. The number of amides is 1. The summed E-state index contributed by atoms with van der Waals surface area (Å²) < 4.78 is 5.96. The fourth-order valence-electron chi connectivity index (χ4n) is 3.90. The first-order chi connectivity index (χ1) is 13.3. The summed E-state index contributed by atoms with van der Waals surface area (Å²) in [6.07, 6.45) is 6.79. The van der Waals surface area contributed by atoms with Gasteiger partial charge in [-0.25, -0.2) is 4.98 Å². The molecule has 0 N–H and O–H groups in total. The highest BCUT2D eigenvalue weighted by molar-refractivity contribution is 7.09. The van der Waals surface area contributed by atoms with Crippen LogP contribution in [0.3, 0.4) is 0 Å². The largest absolute Gasteiger partial charge is 0.492 e. The standard InChI is InChI=1S/C21H27N3O2S/c25-21(7-6-20-22-8-15-27-20)24-11-9-23(10-12-24)13-14-26-19-5-4-17-2-1-3-18(17)16-19/h4-5,8,15-16H,1-3,6-7,9-14H2. The van der Waals surface area contributed by atoms with E-state index in [2.05, 4.69) is 28.1 Å². The molecule has 6 heteroatoms. The predicted octanol–water partition coefficient (Wildman–Crippen LogP) is 2.79. The van der Waals surface area contributed by atoms with Crippen LogP contribution in [-0.2, 0) is 24.1 Å². The van der Waals surface area contributed by atoms with Gasteiger partial charge in [-0.05, 0) is 42.5 Å². The summed E-state index contributed by atoms with van der Waals surface area (Å²) in [5.74, 6) is 1.24. The SMILES string of the molecule is O=C(CCc1nccs1)N1CCN(CCOc2ccc3c(c2)CCC3)CC1. The molecule has 1 aliphatic carbocycles. The van der Waals surface area contributed by atoms with Crippen molar-refractivity contribution in [3.05, 3.63) is 45.9 Å². The molecule has 1 aromatic carbocycles. The molecule has 1 aromatic heterocycles. The van der Waals surface area contributed by atoms with E-state index < -0.39 is 0 Å². The molecule has 0 atom stereocenters. The molecule has 0 unspecified atom stereocenters. The fraction of sp³-hybridized carbons (Fsp3) is 0.524. The number of benzene rings is 1. The Hall–Kier alpha value is -1.92. The molecule has 4 rings (SSSR count). The van der Waals surface area contributed by atoms with Crippen LogP contribution in [0.15, 0.2) is 29.8 Å². The second-order valence-corrected chi connectivity index (χ2v) is 8.26. The van der Waals surface area contributed by atoms with Crippen LogP contribution < -0.4 is 4.74 Å². The molecule has 0 spiro atoms. The average Bonchev–Trinajstić information content (AvgIpc) is 3.38. The van der Waals surface area contributed by atoms with E-state index in [-0.39, 0.29) is 5.91 Å². The summed E-state index contributed by atoms with van der Waals surface area (Å²) in [5.41, 5.74) is 2.94. The first-order valence-electron chi connectivity index (χ1n) is 9.91. The van der Waals surface area contributed by atoms with Crippen LogP contribution in [-0.4, -0.2) is 60.0 Å². The van der Waals surface area contributed by atoms with E-state index in [1.165, 1.54) is 30.4 Å². The Bertz CT molecular complexity index is 755. The van der Waals surface area contributed by atoms with Gasteiger partial charge < -0.3 is 9.64 Å². The van der Waals surface area contributed by atoms with Crippen LogP contribution in [0.1, 0.15) is 29.0 Å². The second kappa shape index (κ2) is 8.85. The molecule has 1 aliphatic heterocycles. The minimum Gasteiger partial charge on any atom is -0.492 e. The Labute approximate surface area is 165 Å². The van der Waals surface area contributed by atoms with Crippen LogP contribution in [0.2, 0.25) is 0 Å². The summed E-state index contributed by atoms with van der Waals surface area (Å²) in [5, 5.41) is 3.01. The zero-order valence-electron chi connectivity index (χ0n) is 15.7. The molecular formula is C21H27N3O2S. The van der Waals surface area contributed by atoms with Gasteiger partial charge in [0.2, 0.25) is 5.91 Å². The van der Waals surface area contributed by atoms with Gasteiger partial charge in [-0.15, -0.1) is 11.3 Å². The summed E-state index contributed by atoms with van der Waals surface area (Å²) >= 11 is 1.62. The highest BCUT2D eigenvalue weighted by Crippen LogP contribution is 2.26. The van der Waals surface area contributed by atoms with Crippen molar-refractivity contribution in [1.29, 1.82) is 0 Å². The van der Waals surface area contributed by atoms with Gasteiger partial charge in [0.1, 0.15) is 12.4 Å². The summed E-state index contributed by atoms with van der Waals surface area (Å²) in [6.45, 7) is 5.10. The summed E-state index contributed by atoms with van der Waals surface area (Å²) in [7, 11) is 0. The lowest BCUT2D eigenvalue weighted by Gasteiger charge is -2.34. The fourth-order valence-corrected chi connectivity index (χ4v) is 4.52. The minimum atomic E-state index is 0.249. The van der Waals surface area contributed by atoms with Gasteiger partial charge >= 0.3 is 0 Å². The third kappa shape index (κ3) is 4.87. The lowest BCUT2D eigenvalue weighted by atomic mass is 10.1. The molecule has 1 amide bonds. The number of fused-ring (bicyclic) bond motifs is 1. The van der Waals surface area contributed by atoms with E-state index in [4.69, 9.17) is 4.74 Å². The number of hydrogen-bond acceptors (Lipinski definition) is 5. The smallest absolute Gasteiger partial charge is 0.223 e. The number of carbonyl (C=O) groups is 1. The Morgan fingerprint density at radius 1 is 1.15 bits per heavy atom. The van der Waals surface area contributed by atoms with Crippen molar-refractivity contribution in [1.82, 2.24) is 14.8 Å². The van der Waals surface area contributed by atoms with E-state index in [9.17, 15) is 4.79 Å². The number of hydrogen-bond donors (Lipinski definition) is 0. The van der Waals surface area contributed by atoms with E-state index in [1.807, 2.05) is 10.3 Å². The molecular weight excluding hydrogens is 358 g/mol. The Kier molecular flexibility index (Phi) is 6.04. The number of nitrogens with zero attached hydrogens (tertiary/aromatic N) is 3. The lowest BCUT2D eigenvalue weighted by molar-refractivity contribution is -0.132. The van der Waals surface area contributed by atoms with Crippen molar-refractivity contribution >= 4 is 17.2 Å². The van der Waals surface area contributed by atoms with Crippen LogP contribution in [0.4, 0.5) is 0 Å². The number of carbonyl (C=O) groups excluding carboxylic acids is 1. The van der Waals surface area contributed by atoms with Crippen molar-refractivity contribution in [2.24, 2.45) is 0 Å². The van der Waals surface area contributed by atoms with Gasteiger partial charge in [-0.2, -0.15) is 0 Å². The maximum atomic E-state index is 12.4. The third-order valence-corrected chi connectivity index (χ3v) is 6.35. The number of aromatic nitrogens is 1. The van der Waals surface area contributed by atoms with Gasteiger partial charge in [0, 0.05) is 57.1 Å². The van der Waals surface area contributed by atoms with Crippen LogP contribution in [0, 0.1) is 0 Å². The number of thiazole rings is 1. The molecule has 5 nitrogen and oxygen atoms in total. The zero-order valence-corrected chi connectivity index (χ0v) is 16.5. The molecule has 0 bridgehead atoms. The van der Waals surface area contributed by atoms with Crippen molar-refractivity contribution in [2.75, 3.05) is 39.3 Å². The van der Waals surface area contributed by atoms with Crippen molar-refractivity contribution in [2.45, 2.75) is 32.1 Å². The Morgan fingerprint density at radius 3 is 2.81 bits per heavy atom. The third-order valence-electron chi connectivity index (χ3n) is 5.51. The maximum absolute atomic E-state index is 12.4. The van der Waals surface area contributed by atoms with Gasteiger partial charge in [-0.1, -0.05) is 6.07 Å². The molecule has 2 heterocycles. The Morgan fingerprint density at radius 2 is 2.00 bits per heavy atom. The average molecular weight is 386 g/mol. The molecule has 0 radical (unpaired) electrons. The number of piperazine rings is 1. The van der Waals surface area contributed by atoms with Gasteiger partial charge in [0.05, 0.1) is 5.01 Å². The van der Waals surface area contributed by atoms with Crippen molar-refractivity contribution in [3.8, 4) is 5.75 Å². The van der Waals surface area contributed by atoms with Crippen LogP contribution in [0.25, 0.3) is 0 Å².